The molecule has 0 spiro atoms. The second-order valence-corrected chi connectivity index (χ2v) is 7.61. The first-order valence-electron chi connectivity index (χ1n) is 9.82. The van der Waals surface area contributed by atoms with Crippen LogP contribution in [0.3, 0.4) is 0 Å². The lowest BCUT2D eigenvalue weighted by Gasteiger charge is -2.13. The average Bonchev–Trinajstić information content (AvgIpc) is 2.82. The van der Waals surface area contributed by atoms with Gasteiger partial charge in [-0.2, -0.15) is 0 Å². The summed E-state index contributed by atoms with van der Waals surface area (Å²) in [5.74, 6) is 0.248. The molecule has 0 aliphatic heterocycles. The molecule has 0 aliphatic carbocycles. The van der Waals surface area contributed by atoms with E-state index < -0.39 is 5.97 Å². The van der Waals surface area contributed by atoms with Gasteiger partial charge in [0.05, 0.1) is 19.8 Å². The zero-order valence-electron chi connectivity index (χ0n) is 17.9. The van der Waals surface area contributed by atoms with Crippen LogP contribution in [0.5, 0.6) is 11.5 Å². The van der Waals surface area contributed by atoms with Crippen molar-refractivity contribution in [1.29, 1.82) is 0 Å². The van der Waals surface area contributed by atoms with Gasteiger partial charge < -0.3 is 19.5 Å². The Morgan fingerprint density at radius 3 is 2.27 bits per heavy atom. The molecule has 0 bridgehead atoms. The van der Waals surface area contributed by atoms with Gasteiger partial charge >= 0.3 is 5.97 Å². The van der Waals surface area contributed by atoms with E-state index in [1.807, 2.05) is 0 Å². The maximum absolute atomic E-state index is 12.2. The standard InChI is InChI=1S/C25H21Cl2NO5/c1-31-23-14-16(6-12-22(23)33-15-19-20(26)4-3-5-21(19)27)7-13-24(29)28-18-10-8-17(9-11-18)25(30)32-2/h3-14H,15H2,1-2H3,(H,28,29)/b13-7+. The molecule has 0 saturated carbocycles. The second-order valence-electron chi connectivity index (χ2n) is 6.79. The summed E-state index contributed by atoms with van der Waals surface area (Å²) in [7, 11) is 2.84. The number of hydrogen-bond acceptors (Lipinski definition) is 5. The summed E-state index contributed by atoms with van der Waals surface area (Å²) in [6.45, 7) is 0.182. The molecule has 170 valence electrons. The van der Waals surface area contributed by atoms with E-state index in [-0.39, 0.29) is 12.5 Å². The maximum Gasteiger partial charge on any atom is 0.337 e. The first-order chi connectivity index (χ1) is 15.9. The topological polar surface area (TPSA) is 73.9 Å². The fourth-order valence-electron chi connectivity index (χ4n) is 2.89. The van der Waals surface area contributed by atoms with Gasteiger partial charge in [-0.15, -0.1) is 0 Å². The molecule has 33 heavy (non-hydrogen) atoms. The third-order valence-corrected chi connectivity index (χ3v) is 5.33. The zero-order valence-corrected chi connectivity index (χ0v) is 19.4. The molecule has 0 heterocycles. The van der Waals surface area contributed by atoms with Crippen molar-refractivity contribution in [2.24, 2.45) is 0 Å². The number of rotatable bonds is 8. The van der Waals surface area contributed by atoms with E-state index in [0.29, 0.717) is 38.4 Å². The zero-order chi connectivity index (χ0) is 23.8. The molecule has 0 unspecified atom stereocenters. The molecule has 3 aromatic carbocycles. The molecule has 8 heteroatoms. The number of benzene rings is 3. The van der Waals surface area contributed by atoms with Crippen LogP contribution in [0, 0.1) is 0 Å². The molecular formula is C25H21Cl2NO5. The molecule has 6 nitrogen and oxygen atoms in total. The first-order valence-corrected chi connectivity index (χ1v) is 10.6. The summed E-state index contributed by atoms with van der Waals surface area (Å²) in [6.07, 6.45) is 3.04. The number of methoxy groups -OCH3 is 2. The fourth-order valence-corrected chi connectivity index (χ4v) is 3.40. The van der Waals surface area contributed by atoms with Gasteiger partial charge in [0.15, 0.2) is 11.5 Å². The molecule has 0 radical (unpaired) electrons. The minimum Gasteiger partial charge on any atom is -0.493 e. The molecule has 3 aromatic rings. The van der Waals surface area contributed by atoms with Crippen molar-refractivity contribution in [2.45, 2.75) is 6.61 Å². The van der Waals surface area contributed by atoms with Crippen LogP contribution in [0.4, 0.5) is 5.69 Å². The predicted octanol–water partition coefficient (Wildman–Crippen LogP) is 6.02. The SMILES string of the molecule is COC(=O)c1ccc(NC(=O)/C=C/c2ccc(OCc3c(Cl)cccc3Cl)c(OC)c2)cc1. The summed E-state index contributed by atoms with van der Waals surface area (Å²) >= 11 is 12.4. The van der Waals surface area contributed by atoms with Gasteiger partial charge in [0.2, 0.25) is 5.91 Å². The molecule has 0 atom stereocenters. The van der Waals surface area contributed by atoms with Gasteiger partial charge in [-0.3, -0.25) is 4.79 Å². The van der Waals surface area contributed by atoms with Gasteiger partial charge in [0.1, 0.15) is 6.61 Å². The minimum atomic E-state index is -0.441. The monoisotopic (exact) mass is 485 g/mol. The lowest BCUT2D eigenvalue weighted by Crippen LogP contribution is -2.08. The number of carbonyl (C=O) groups excluding carboxylic acids is 2. The van der Waals surface area contributed by atoms with Gasteiger partial charge in [0.25, 0.3) is 0 Å². The van der Waals surface area contributed by atoms with Crippen LogP contribution < -0.4 is 14.8 Å². The predicted molar refractivity (Wildman–Crippen MR) is 129 cm³/mol. The van der Waals surface area contributed by atoms with Gasteiger partial charge in [-0.25, -0.2) is 4.79 Å². The highest BCUT2D eigenvalue weighted by atomic mass is 35.5. The highest BCUT2D eigenvalue weighted by molar-refractivity contribution is 6.35. The van der Waals surface area contributed by atoms with Crippen molar-refractivity contribution in [2.75, 3.05) is 19.5 Å². The van der Waals surface area contributed by atoms with Crippen LogP contribution in [-0.4, -0.2) is 26.1 Å². The average molecular weight is 486 g/mol. The Morgan fingerprint density at radius 2 is 1.64 bits per heavy atom. The number of nitrogens with one attached hydrogen (secondary N) is 1. The van der Waals surface area contributed by atoms with E-state index in [2.05, 4.69) is 10.1 Å². The van der Waals surface area contributed by atoms with Gasteiger partial charge in [-0.05, 0) is 60.2 Å². The molecule has 0 saturated heterocycles. The van der Waals surface area contributed by atoms with E-state index in [4.69, 9.17) is 32.7 Å². The molecule has 3 rings (SSSR count). The fraction of sp³-hybridized carbons (Fsp3) is 0.120. The number of esters is 1. The summed E-state index contributed by atoms with van der Waals surface area (Å²) in [4.78, 5) is 23.7. The van der Waals surface area contributed by atoms with Crippen LogP contribution in [0.1, 0.15) is 21.5 Å². The summed E-state index contributed by atoms with van der Waals surface area (Å²) < 4.78 is 15.9. The molecule has 0 aliphatic rings. The van der Waals surface area contributed by atoms with E-state index in [0.717, 1.165) is 5.56 Å². The third kappa shape index (κ3) is 6.51. The van der Waals surface area contributed by atoms with Crippen molar-refractivity contribution in [1.82, 2.24) is 0 Å². The van der Waals surface area contributed by atoms with E-state index in [1.165, 1.54) is 20.3 Å². The summed E-state index contributed by atoms with van der Waals surface area (Å²) in [5.41, 5.74) is 2.38. The van der Waals surface area contributed by atoms with Crippen molar-refractivity contribution < 1.29 is 23.8 Å². The smallest absolute Gasteiger partial charge is 0.337 e. The Morgan fingerprint density at radius 1 is 0.939 bits per heavy atom. The molecule has 1 N–H and O–H groups in total. The van der Waals surface area contributed by atoms with Crippen molar-refractivity contribution in [3.8, 4) is 11.5 Å². The van der Waals surface area contributed by atoms with Crippen LogP contribution in [0.2, 0.25) is 10.0 Å². The minimum absolute atomic E-state index is 0.182. The summed E-state index contributed by atoms with van der Waals surface area (Å²) in [5, 5.41) is 3.77. The summed E-state index contributed by atoms with van der Waals surface area (Å²) in [6, 6.07) is 16.9. The lowest BCUT2D eigenvalue weighted by molar-refractivity contribution is -0.111. The number of anilines is 1. The third-order valence-electron chi connectivity index (χ3n) is 4.62. The Labute approximate surface area is 201 Å². The molecular weight excluding hydrogens is 465 g/mol. The molecule has 0 aromatic heterocycles. The number of amides is 1. The lowest BCUT2D eigenvalue weighted by atomic mass is 10.1. The Balaban J connectivity index is 1.64. The van der Waals surface area contributed by atoms with Crippen molar-refractivity contribution >= 4 is 46.8 Å². The number of hydrogen-bond donors (Lipinski definition) is 1. The number of halogens is 2. The highest BCUT2D eigenvalue weighted by Crippen LogP contribution is 2.31. The van der Waals surface area contributed by atoms with Crippen LogP contribution in [-0.2, 0) is 16.1 Å². The van der Waals surface area contributed by atoms with Crippen molar-refractivity contribution in [3.05, 3.63) is 93.5 Å². The van der Waals surface area contributed by atoms with Gasteiger partial charge in [-0.1, -0.05) is 35.3 Å². The quantitative estimate of drug-likeness (QED) is 0.311. The largest absolute Gasteiger partial charge is 0.493 e. The van der Waals surface area contributed by atoms with Crippen LogP contribution in [0.25, 0.3) is 6.08 Å². The first kappa shape index (κ1) is 24.2. The maximum atomic E-state index is 12.2. The van der Waals surface area contributed by atoms with Crippen molar-refractivity contribution in [3.63, 3.8) is 0 Å². The van der Waals surface area contributed by atoms with E-state index in [1.54, 1.807) is 66.7 Å². The Kier molecular flexibility index (Phi) is 8.35. The normalized spacial score (nSPS) is 10.7. The van der Waals surface area contributed by atoms with E-state index in [9.17, 15) is 9.59 Å². The Bertz CT molecular complexity index is 1160. The van der Waals surface area contributed by atoms with Gasteiger partial charge in [0, 0.05) is 27.4 Å². The van der Waals surface area contributed by atoms with E-state index >= 15 is 0 Å². The Hall–Kier alpha value is -3.48. The van der Waals surface area contributed by atoms with Crippen LogP contribution >= 0.6 is 23.2 Å². The second kappa shape index (κ2) is 11.4. The number of ether oxygens (including phenoxy) is 3. The molecule has 1 amide bonds. The highest BCUT2D eigenvalue weighted by Gasteiger charge is 2.10. The number of carbonyl (C=O) groups is 2. The van der Waals surface area contributed by atoms with Crippen LogP contribution in [0.15, 0.2) is 66.7 Å². The molecule has 0 fully saturated rings.